The maximum absolute atomic E-state index is 9.55. The molecular weight excluding hydrogens is 332 g/mol. The fraction of sp³-hybridized carbons (Fsp3) is 0.500. The van der Waals surface area contributed by atoms with Gasteiger partial charge in [0.05, 0.1) is 0 Å². The Balaban J connectivity index is 0.000000260. The second kappa shape index (κ2) is 9.97. The predicted molar refractivity (Wildman–Crippen MR) is 102 cm³/mol. The highest BCUT2D eigenvalue weighted by Gasteiger charge is 2.18. The Hall–Kier alpha value is -2.34. The fourth-order valence-electron chi connectivity index (χ4n) is 3.42. The van der Waals surface area contributed by atoms with E-state index < -0.39 is 11.9 Å². The van der Waals surface area contributed by atoms with Crippen LogP contribution >= 0.6 is 0 Å². The summed E-state index contributed by atoms with van der Waals surface area (Å²) in [6.07, 6.45) is 6.75. The minimum atomic E-state index is -1.26. The normalized spacial score (nSPS) is 18.6. The summed E-state index contributed by atoms with van der Waals surface area (Å²) < 4.78 is 0. The molecule has 0 spiro atoms. The summed E-state index contributed by atoms with van der Waals surface area (Å²) in [6, 6.07) is 9.39. The maximum Gasteiger partial charge on any atom is 0.328 e. The molecule has 0 amide bonds. The zero-order valence-electron chi connectivity index (χ0n) is 15.3. The Morgan fingerprint density at radius 1 is 0.923 bits per heavy atom. The minimum absolute atomic E-state index is 0.558. The zero-order chi connectivity index (χ0) is 18.9. The number of benzene rings is 1. The third-order valence-electron chi connectivity index (χ3n) is 4.96. The summed E-state index contributed by atoms with van der Waals surface area (Å²) >= 11 is 0. The van der Waals surface area contributed by atoms with Crippen molar-refractivity contribution in [2.24, 2.45) is 0 Å². The van der Waals surface area contributed by atoms with Crippen LogP contribution in [0.15, 0.2) is 36.4 Å². The van der Waals surface area contributed by atoms with Crippen molar-refractivity contribution in [3.63, 3.8) is 0 Å². The van der Waals surface area contributed by atoms with Gasteiger partial charge in [-0.1, -0.05) is 25.0 Å². The minimum Gasteiger partial charge on any atom is -0.478 e. The van der Waals surface area contributed by atoms with Gasteiger partial charge in [-0.2, -0.15) is 0 Å². The van der Waals surface area contributed by atoms with Gasteiger partial charge in [-0.3, -0.25) is 0 Å². The lowest BCUT2D eigenvalue weighted by molar-refractivity contribution is -0.134. The molecule has 2 fully saturated rings. The molecule has 26 heavy (non-hydrogen) atoms. The van der Waals surface area contributed by atoms with E-state index in [0.717, 1.165) is 5.92 Å². The third kappa shape index (κ3) is 6.52. The molecule has 0 aromatic heterocycles. The molecule has 6 nitrogen and oxygen atoms in total. The molecule has 1 saturated carbocycles. The molecule has 0 atom stereocenters. The van der Waals surface area contributed by atoms with Crippen molar-refractivity contribution in [1.82, 2.24) is 4.90 Å². The highest BCUT2D eigenvalue weighted by molar-refractivity contribution is 5.89. The van der Waals surface area contributed by atoms with E-state index in [4.69, 9.17) is 10.2 Å². The number of aliphatic carboxylic acids is 2. The van der Waals surface area contributed by atoms with Gasteiger partial charge in [0, 0.05) is 44.0 Å². The van der Waals surface area contributed by atoms with Crippen LogP contribution in [0.2, 0.25) is 0 Å². The zero-order valence-corrected chi connectivity index (χ0v) is 15.3. The molecule has 2 N–H and O–H groups in total. The van der Waals surface area contributed by atoms with Crippen LogP contribution in [0.3, 0.4) is 0 Å². The molecule has 1 aromatic carbocycles. The van der Waals surface area contributed by atoms with E-state index in [1.165, 1.54) is 57.5 Å². The number of carboxylic acid groups (broad SMARTS) is 2. The number of likely N-dealkylation sites (N-methyl/N-ethyl adjacent to an activating group) is 1. The Morgan fingerprint density at radius 3 is 1.88 bits per heavy atom. The number of anilines is 1. The largest absolute Gasteiger partial charge is 0.478 e. The molecule has 6 heteroatoms. The summed E-state index contributed by atoms with van der Waals surface area (Å²) in [5, 5.41) is 15.6. The molecule has 1 aliphatic heterocycles. The fourth-order valence-corrected chi connectivity index (χ4v) is 3.42. The summed E-state index contributed by atoms with van der Waals surface area (Å²) in [6.45, 7) is 4.70. The van der Waals surface area contributed by atoms with Crippen LogP contribution in [-0.2, 0) is 9.59 Å². The number of nitrogens with zero attached hydrogens (tertiary/aromatic N) is 2. The molecule has 142 valence electrons. The quantitative estimate of drug-likeness (QED) is 0.804. The first-order chi connectivity index (χ1) is 12.5. The Labute approximate surface area is 154 Å². The molecule has 1 aromatic rings. The van der Waals surface area contributed by atoms with Gasteiger partial charge in [-0.15, -0.1) is 0 Å². The van der Waals surface area contributed by atoms with Gasteiger partial charge < -0.3 is 20.0 Å². The summed E-state index contributed by atoms with van der Waals surface area (Å²) in [4.78, 5) is 24.0. The second-order valence-corrected chi connectivity index (χ2v) is 6.87. The van der Waals surface area contributed by atoms with Crippen molar-refractivity contribution in [2.45, 2.75) is 31.6 Å². The van der Waals surface area contributed by atoms with E-state index >= 15 is 0 Å². The smallest absolute Gasteiger partial charge is 0.328 e. The average molecular weight is 360 g/mol. The van der Waals surface area contributed by atoms with Gasteiger partial charge >= 0.3 is 11.9 Å². The molecular formula is C20H28N2O4. The van der Waals surface area contributed by atoms with Crippen molar-refractivity contribution in [2.75, 3.05) is 38.1 Å². The van der Waals surface area contributed by atoms with Crippen LogP contribution in [0.25, 0.3) is 0 Å². The molecule has 2 aliphatic rings. The first kappa shape index (κ1) is 20.0. The maximum atomic E-state index is 9.55. The molecule has 3 rings (SSSR count). The standard InChI is InChI=1S/C16H24N2.C4H4O4/c1-17-10-12-18(13-11-17)16-8-6-15(7-9-16)14-4-2-3-5-14;5-3(6)1-2-4(7)8/h6-9,14H,2-5,10-13H2,1H3;1-2H,(H,5,6)(H,7,8)/b;2-1-. The lowest BCUT2D eigenvalue weighted by Gasteiger charge is -2.34. The SMILES string of the molecule is CN1CCN(c2ccc(C3CCCC3)cc2)CC1.O=C(O)/C=C\C(=O)O. The van der Waals surface area contributed by atoms with Gasteiger partial charge in [0.25, 0.3) is 0 Å². The van der Waals surface area contributed by atoms with Crippen LogP contribution < -0.4 is 4.90 Å². The van der Waals surface area contributed by atoms with Crippen molar-refractivity contribution >= 4 is 17.6 Å². The van der Waals surface area contributed by atoms with E-state index in [0.29, 0.717) is 12.2 Å². The lowest BCUT2D eigenvalue weighted by atomic mass is 9.97. The van der Waals surface area contributed by atoms with Crippen molar-refractivity contribution in [1.29, 1.82) is 0 Å². The van der Waals surface area contributed by atoms with E-state index in [2.05, 4.69) is 41.1 Å². The van der Waals surface area contributed by atoms with Gasteiger partial charge in [-0.05, 0) is 43.5 Å². The van der Waals surface area contributed by atoms with Crippen LogP contribution in [-0.4, -0.2) is 60.3 Å². The number of piperazine rings is 1. The third-order valence-corrected chi connectivity index (χ3v) is 4.96. The van der Waals surface area contributed by atoms with E-state index in [1.807, 2.05) is 0 Å². The molecule has 1 heterocycles. The lowest BCUT2D eigenvalue weighted by Crippen LogP contribution is -2.44. The van der Waals surface area contributed by atoms with E-state index in [9.17, 15) is 9.59 Å². The van der Waals surface area contributed by atoms with Crippen molar-refractivity contribution < 1.29 is 19.8 Å². The van der Waals surface area contributed by atoms with Crippen molar-refractivity contribution in [3.05, 3.63) is 42.0 Å². The number of hydrogen-bond donors (Lipinski definition) is 2. The first-order valence-electron chi connectivity index (χ1n) is 9.13. The molecule has 1 aliphatic carbocycles. The van der Waals surface area contributed by atoms with Crippen LogP contribution in [0.1, 0.15) is 37.2 Å². The van der Waals surface area contributed by atoms with E-state index in [1.54, 1.807) is 5.56 Å². The number of hydrogen-bond acceptors (Lipinski definition) is 4. The van der Waals surface area contributed by atoms with Gasteiger partial charge in [-0.25, -0.2) is 9.59 Å². The summed E-state index contributed by atoms with van der Waals surface area (Å²) in [5.74, 6) is -1.67. The molecule has 0 radical (unpaired) electrons. The van der Waals surface area contributed by atoms with Gasteiger partial charge in [0.1, 0.15) is 0 Å². The van der Waals surface area contributed by atoms with Gasteiger partial charge in [0.15, 0.2) is 0 Å². The number of rotatable bonds is 4. The summed E-state index contributed by atoms with van der Waals surface area (Å²) in [5.41, 5.74) is 2.97. The Bertz CT molecular complexity index is 597. The second-order valence-electron chi connectivity index (χ2n) is 6.87. The number of carboxylic acids is 2. The monoisotopic (exact) mass is 360 g/mol. The molecule has 0 bridgehead atoms. The van der Waals surface area contributed by atoms with Crippen LogP contribution in [0.4, 0.5) is 5.69 Å². The summed E-state index contributed by atoms with van der Waals surface area (Å²) in [7, 11) is 2.21. The highest BCUT2D eigenvalue weighted by atomic mass is 16.4. The van der Waals surface area contributed by atoms with Crippen LogP contribution in [0.5, 0.6) is 0 Å². The Morgan fingerprint density at radius 2 is 1.42 bits per heavy atom. The predicted octanol–water partition coefficient (Wildman–Crippen LogP) is 2.81. The molecule has 1 saturated heterocycles. The van der Waals surface area contributed by atoms with Gasteiger partial charge in [0.2, 0.25) is 0 Å². The molecule has 0 unspecified atom stereocenters. The average Bonchev–Trinajstić information content (AvgIpc) is 3.16. The first-order valence-corrected chi connectivity index (χ1v) is 9.13. The van der Waals surface area contributed by atoms with Crippen molar-refractivity contribution in [3.8, 4) is 0 Å². The Kier molecular flexibility index (Phi) is 7.66. The number of carbonyl (C=O) groups is 2. The topological polar surface area (TPSA) is 81.1 Å². The van der Waals surface area contributed by atoms with Crippen LogP contribution in [0, 0.1) is 0 Å². The highest BCUT2D eigenvalue weighted by Crippen LogP contribution is 2.34. The van der Waals surface area contributed by atoms with E-state index in [-0.39, 0.29) is 0 Å².